The maximum Gasteiger partial charge on any atom is 0.238 e. The normalized spacial score (nSPS) is 9.54. The van der Waals surface area contributed by atoms with Crippen LogP contribution >= 0.6 is 0 Å². The van der Waals surface area contributed by atoms with Gasteiger partial charge in [0.2, 0.25) is 5.88 Å². The molecule has 0 radical (unpaired) electrons. The van der Waals surface area contributed by atoms with Crippen LogP contribution in [0.4, 0.5) is 0 Å². The van der Waals surface area contributed by atoms with Crippen molar-refractivity contribution in [2.75, 3.05) is 0 Å². The minimum absolute atomic E-state index is 0.468. The van der Waals surface area contributed by atoms with E-state index in [2.05, 4.69) is 15.2 Å². The maximum atomic E-state index is 5.34. The largest absolute Gasteiger partial charge is 0.436 e. The predicted octanol–water partition coefficient (Wildman–Crippen LogP) is 1.66. The van der Waals surface area contributed by atoms with Gasteiger partial charge < -0.3 is 4.74 Å². The summed E-state index contributed by atoms with van der Waals surface area (Å²) in [4.78, 5) is 3.91. The van der Waals surface area contributed by atoms with E-state index in [-0.39, 0.29) is 0 Å². The van der Waals surface area contributed by atoms with Gasteiger partial charge in [-0.25, -0.2) is 0 Å². The van der Waals surface area contributed by atoms with E-state index in [0.29, 0.717) is 11.6 Å². The third kappa shape index (κ3) is 1.99. The first-order valence-electron chi connectivity index (χ1n) is 3.81. The Morgan fingerprint density at radius 1 is 1.08 bits per heavy atom. The molecule has 13 heavy (non-hydrogen) atoms. The molecular weight excluding hydrogens is 166 g/mol. The summed E-state index contributed by atoms with van der Waals surface area (Å²) in [6, 6.07) is 7.10. The van der Waals surface area contributed by atoms with Crippen LogP contribution in [-0.4, -0.2) is 15.2 Å². The van der Waals surface area contributed by atoms with Crippen molar-refractivity contribution in [1.82, 2.24) is 15.2 Å². The summed E-state index contributed by atoms with van der Waals surface area (Å²) in [7, 11) is 0. The molecule has 0 N–H and O–H groups in total. The zero-order valence-corrected chi connectivity index (χ0v) is 6.79. The predicted molar refractivity (Wildman–Crippen MR) is 46.3 cm³/mol. The highest BCUT2D eigenvalue weighted by atomic mass is 16.5. The Labute approximate surface area is 75.2 Å². The highest BCUT2D eigenvalue weighted by Gasteiger charge is 1.95. The maximum absolute atomic E-state index is 5.34. The number of aromatic nitrogens is 3. The van der Waals surface area contributed by atoms with Crippen molar-refractivity contribution in [3.63, 3.8) is 0 Å². The third-order valence-electron chi connectivity index (χ3n) is 1.40. The van der Waals surface area contributed by atoms with Crippen LogP contribution in [0.15, 0.2) is 42.9 Å². The van der Waals surface area contributed by atoms with E-state index in [0.717, 1.165) is 0 Å². The molecule has 4 heteroatoms. The zero-order chi connectivity index (χ0) is 8.93. The molecule has 2 heterocycles. The fraction of sp³-hybridized carbons (Fsp3) is 0. The molecular formula is C9H7N3O. The summed E-state index contributed by atoms with van der Waals surface area (Å²) in [5.41, 5.74) is 0. The molecule has 0 aliphatic rings. The molecule has 0 aliphatic heterocycles. The second kappa shape index (κ2) is 3.62. The Kier molecular flexibility index (Phi) is 2.14. The van der Waals surface area contributed by atoms with Gasteiger partial charge in [-0.1, -0.05) is 0 Å². The van der Waals surface area contributed by atoms with Gasteiger partial charge in [0.05, 0.1) is 6.20 Å². The van der Waals surface area contributed by atoms with Crippen LogP contribution in [-0.2, 0) is 0 Å². The van der Waals surface area contributed by atoms with E-state index in [1.807, 2.05) is 6.07 Å². The van der Waals surface area contributed by atoms with Crippen LogP contribution in [0.1, 0.15) is 0 Å². The standard InChI is InChI=1S/C9H7N3O/c1-3-8(7-10-5-1)13-9-4-2-6-11-12-9/h1-7H. The van der Waals surface area contributed by atoms with E-state index in [1.54, 1.807) is 36.8 Å². The van der Waals surface area contributed by atoms with Gasteiger partial charge in [0.25, 0.3) is 0 Å². The lowest BCUT2D eigenvalue weighted by molar-refractivity contribution is 0.453. The summed E-state index contributed by atoms with van der Waals surface area (Å²) < 4.78 is 5.34. The summed E-state index contributed by atoms with van der Waals surface area (Å²) in [5, 5.41) is 7.46. The fourth-order valence-electron chi connectivity index (χ4n) is 0.870. The molecule has 0 atom stereocenters. The molecule has 2 aromatic rings. The average Bonchev–Trinajstić information content (AvgIpc) is 2.21. The fourth-order valence-corrected chi connectivity index (χ4v) is 0.870. The Bertz CT molecular complexity index is 326. The van der Waals surface area contributed by atoms with Gasteiger partial charge in [-0.2, -0.15) is 5.10 Å². The summed E-state index contributed by atoms with van der Waals surface area (Å²) in [5.74, 6) is 1.12. The Balaban J connectivity index is 2.16. The van der Waals surface area contributed by atoms with Gasteiger partial charge in [0, 0.05) is 18.5 Å². The molecule has 0 bridgehead atoms. The monoisotopic (exact) mass is 173 g/mol. The van der Waals surface area contributed by atoms with E-state index in [9.17, 15) is 0 Å². The molecule has 0 saturated carbocycles. The molecule has 2 aromatic heterocycles. The highest BCUT2D eigenvalue weighted by Crippen LogP contribution is 2.15. The summed E-state index contributed by atoms with van der Waals surface area (Å²) >= 11 is 0. The van der Waals surface area contributed by atoms with Gasteiger partial charge in [-0.05, 0) is 18.2 Å². The molecule has 0 aliphatic carbocycles. The van der Waals surface area contributed by atoms with E-state index < -0.39 is 0 Å². The molecule has 2 rings (SSSR count). The number of nitrogens with zero attached hydrogens (tertiary/aromatic N) is 3. The zero-order valence-electron chi connectivity index (χ0n) is 6.79. The summed E-state index contributed by atoms with van der Waals surface area (Å²) in [6.45, 7) is 0. The topological polar surface area (TPSA) is 47.9 Å². The summed E-state index contributed by atoms with van der Waals surface area (Å²) in [6.07, 6.45) is 4.90. The Morgan fingerprint density at radius 3 is 2.69 bits per heavy atom. The number of ether oxygens (including phenoxy) is 1. The first kappa shape index (κ1) is 7.67. The van der Waals surface area contributed by atoms with E-state index in [1.165, 1.54) is 0 Å². The number of rotatable bonds is 2. The van der Waals surface area contributed by atoms with Crippen LogP contribution in [0.25, 0.3) is 0 Å². The molecule has 0 amide bonds. The average molecular weight is 173 g/mol. The molecule has 0 spiro atoms. The van der Waals surface area contributed by atoms with E-state index >= 15 is 0 Å². The molecule has 0 saturated heterocycles. The number of hydrogen-bond donors (Lipinski definition) is 0. The van der Waals surface area contributed by atoms with Crippen molar-refractivity contribution in [3.05, 3.63) is 42.9 Å². The lowest BCUT2D eigenvalue weighted by atomic mass is 10.5. The lowest BCUT2D eigenvalue weighted by Gasteiger charge is -2.00. The van der Waals surface area contributed by atoms with Crippen molar-refractivity contribution < 1.29 is 4.74 Å². The third-order valence-corrected chi connectivity index (χ3v) is 1.40. The quantitative estimate of drug-likeness (QED) is 0.693. The van der Waals surface area contributed by atoms with Gasteiger partial charge >= 0.3 is 0 Å². The highest BCUT2D eigenvalue weighted by molar-refractivity contribution is 5.21. The Hall–Kier alpha value is -1.97. The molecule has 64 valence electrons. The van der Waals surface area contributed by atoms with Crippen molar-refractivity contribution >= 4 is 0 Å². The second-order valence-corrected chi connectivity index (χ2v) is 2.35. The first-order valence-corrected chi connectivity index (χ1v) is 3.81. The van der Waals surface area contributed by atoms with Crippen molar-refractivity contribution in [1.29, 1.82) is 0 Å². The Morgan fingerprint density at radius 2 is 2.00 bits per heavy atom. The van der Waals surface area contributed by atoms with Crippen molar-refractivity contribution in [2.24, 2.45) is 0 Å². The van der Waals surface area contributed by atoms with Gasteiger partial charge in [-0.3, -0.25) is 4.98 Å². The molecule has 0 fully saturated rings. The number of hydrogen-bond acceptors (Lipinski definition) is 4. The molecule has 0 unspecified atom stereocenters. The molecule has 0 aromatic carbocycles. The van der Waals surface area contributed by atoms with E-state index in [4.69, 9.17) is 4.74 Å². The van der Waals surface area contributed by atoms with Gasteiger partial charge in [0.15, 0.2) is 0 Å². The first-order chi connectivity index (χ1) is 6.45. The second-order valence-electron chi connectivity index (χ2n) is 2.35. The minimum atomic E-state index is 0.468. The van der Waals surface area contributed by atoms with Crippen LogP contribution in [0, 0.1) is 0 Å². The van der Waals surface area contributed by atoms with Crippen molar-refractivity contribution in [3.8, 4) is 11.6 Å². The van der Waals surface area contributed by atoms with Crippen LogP contribution < -0.4 is 4.74 Å². The smallest absolute Gasteiger partial charge is 0.238 e. The van der Waals surface area contributed by atoms with Crippen LogP contribution in [0.2, 0.25) is 0 Å². The molecule has 4 nitrogen and oxygen atoms in total. The minimum Gasteiger partial charge on any atom is -0.436 e. The van der Waals surface area contributed by atoms with Gasteiger partial charge in [0.1, 0.15) is 5.75 Å². The van der Waals surface area contributed by atoms with Crippen LogP contribution in [0.3, 0.4) is 0 Å². The van der Waals surface area contributed by atoms with Crippen molar-refractivity contribution in [2.45, 2.75) is 0 Å². The lowest BCUT2D eigenvalue weighted by Crippen LogP contribution is -1.88. The van der Waals surface area contributed by atoms with Gasteiger partial charge in [-0.15, -0.1) is 5.10 Å². The van der Waals surface area contributed by atoms with Crippen LogP contribution in [0.5, 0.6) is 11.6 Å². The SMILES string of the molecule is c1cncc(Oc2cccnn2)c1. The number of pyridine rings is 1.